The van der Waals surface area contributed by atoms with Crippen LogP contribution >= 0.6 is 0 Å². The first-order valence-electron chi connectivity index (χ1n) is 30.3. The van der Waals surface area contributed by atoms with E-state index in [4.69, 9.17) is 16.8 Å². The standard InChI is InChI=1S/C65H64BN3O/c1-39-33-56-59-57(34-39)69(58-38-43(65(11,12)13)35-48-47-21-18-24-55(60(47)70-61(48)58)68-51-22-16-14-19-45(51)46-20-15-17-23-52(46)68)54-32-28-42(64(8,9)10)37-50(54)66(59)49-36-41(63(5,6)7)27-31-53(49)67(56)44-29-25-40(26-30-44)62(2,3)4/h14-38H,1-13H3/i1D3,11D3,12D3,13D3. The number of para-hydroxylation sites is 3. The molecular weight excluding hydrogens is 850 g/mol. The highest BCUT2D eigenvalue weighted by atomic mass is 16.3. The third kappa shape index (κ3) is 6.71. The monoisotopic (exact) mass is 926 g/mol. The van der Waals surface area contributed by atoms with Gasteiger partial charge < -0.3 is 18.8 Å². The summed E-state index contributed by atoms with van der Waals surface area (Å²) in [6.07, 6.45) is 0. The zero-order chi connectivity index (χ0) is 59.0. The molecule has 348 valence electrons. The summed E-state index contributed by atoms with van der Waals surface area (Å²) in [6.45, 7) is 5.32. The van der Waals surface area contributed by atoms with Gasteiger partial charge in [-0.25, -0.2) is 0 Å². The topological polar surface area (TPSA) is 24.6 Å². The third-order valence-corrected chi connectivity index (χ3v) is 14.8. The first-order valence-corrected chi connectivity index (χ1v) is 24.3. The number of hydrogen-bond donors (Lipinski definition) is 0. The third-order valence-electron chi connectivity index (χ3n) is 14.8. The number of fused-ring (bicyclic) bond motifs is 10. The minimum atomic E-state index is -3.63. The molecule has 4 nitrogen and oxygen atoms in total. The van der Waals surface area contributed by atoms with Crippen LogP contribution in [0.1, 0.15) is 127 Å². The molecule has 5 heteroatoms. The van der Waals surface area contributed by atoms with Gasteiger partial charge in [-0.15, -0.1) is 0 Å². The Bertz CT molecular complexity index is 4170. The van der Waals surface area contributed by atoms with Crippen LogP contribution in [0.15, 0.2) is 156 Å². The van der Waals surface area contributed by atoms with Crippen molar-refractivity contribution in [1.82, 2.24) is 4.57 Å². The number of aryl methyl sites for hydroxylation is 1. The summed E-state index contributed by atoms with van der Waals surface area (Å²) < 4.78 is 119. The van der Waals surface area contributed by atoms with Crippen LogP contribution in [-0.4, -0.2) is 11.3 Å². The molecule has 0 aliphatic carbocycles. The highest BCUT2D eigenvalue weighted by molar-refractivity contribution is 7.00. The molecule has 2 aromatic heterocycles. The largest absolute Gasteiger partial charge is 0.452 e. The molecule has 0 amide bonds. The van der Waals surface area contributed by atoms with Gasteiger partial charge >= 0.3 is 0 Å². The molecule has 0 N–H and O–H groups in total. The predicted molar refractivity (Wildman–Crippen MR) is 302 cm³/mol. The quantitative estimate of drug-likeness (QED) is 0.165. The van der Waals surface area contributed by atoms with Gasteiger partial charge in [0.25, 0.3) is 6.71 Å². The Morgan fingerprint density at radius 1 is 0.414 bits per heavy atom. The highest BCUT2D eigenvalue weighted by Crippen LogP contribution is 2.50. The summed E-state index contributed by atoms with van der Waals surface area (Å²) in [5.41, 5.74) is 7.35. The lowest BCUT2D eigenvalue weighted by Gasteiger charge is -2.45. The Labute approximate surface area is 431 Å². The second-order valence-electron chi connectivity index (χ2n) is 22.6. The molecule has 10 aromatic rings. The lowest BCUT2D eigenvalue weighted by Crippen LogP contribution is -2.61. The van der Waals surface area contributed by atoms with Gasteiger partial charge in [0.1, 0.15) is 0 Å². The average molecular weight is 926 g/mol. The van der Waals surface area contributed by atoms with E-state index in [0.717, 1.165) is 66.3 Å². The molecule has 0 saturated heterocycles. The first kappa shape index (κ1) is 32.8. The van der Waals surface area contributed by atoms with E-state index < -0.39 is 45.1 Å². The van der Waals surface area contributed by atoms with Crippen LogP contribution in [0.3, 0.4) is 0 Å². The summed E-state index contributed by atoms with van der Waals surface area (Å²) in [6, 6.07) is 48.9. The molecule has 0 atom stereocenters. The summed E-state index contributed by atoms with van der Waals surface area (Å²) in [5, 5.41) is 2.73. The first-order chi connectivity index (χ1) is 38.1. The lowest BCUT2D eigenvalue weighted by molar-refractivity contribution is 0.590. The van der Waals surface area contributed by atoms with Gasteiger partial charge in [-0.05, 0) is 139 Å². The maximum atomic E-state index is 9.17. The number of aromatic nitrogens is 1. The van der Waals surface area contributed by atoms with Crippen LogP contribution in [0.5, 0.6) is 0 Å². The van der Waals surface area contributed by atoms with Gasteiger partial charge in [0.2, 0.25) is 0 Å². The number of hydrogen-bond acceptors (Lipinski definition) is 3. The summed E-state index contributed by atoms with van der Waals surface area (Å²) in [4.78, 5) is 3.99. The van der Waals surface area contributed by atoms with E-state index in [0.29, 0.717) is 33.7 Å². The zero-order valence-corrected chi connectivity index (χ0v) is 41.3. The number of rotatable bonds is 3. The van der Waals surface area contributed by atoms with Crippen molar-refractivity contribution in [2.75, 3.05) is 9.80 Å². The second-order valence-corrected chi connectivity index (χ2v) is 22.6. The van der Waals surface area contributed by atoms with Crippen molar-refractivity contribution in [3.05, 3.63) is 179 Å². The summed E-state index contributed by atoms with van der Waals surface area (Å²) in [7, 11) is 0. The molecule has 0 spiro atoms. The average Bonchev–Trinajstić information content (AvgIpc) is 0.950. The van der Waals surface area contributed by atoms with Crippen LogP contribution in [0, 0.1) is 6.85 Å². The maximum Gasteiger partial charge on any atom is 0.252 e. The zero-order valence-electron chi connectivity index (χ0n) is 53.3. The van der Waals surface area contributed by atoms with Crippen LogP contribution < -0.4 is 26.2 Å². The van der Waals surface area contributed by atoms with Crippen molar-refractivity contribution < 1.29 is 20.9 Å². The van der Waals surface area contributed by atoms with Crippen molar-refractivity contribution in [3.8, 4) is 5.69 Å². The number of benzene rings is 8. The van der Waals surface area contributed by atoms with E-state index in [1.54, 1.807) is 12.1 Å². The number of nitrogens with zero attached hydrogens (tertiary/aromatic N) is 3. The molecule has 0 fully saturated rings. The van der Waals surface area contributed by atoms with E-state index in [1.807, 2.05) is 71.6 Å². The maximum absolute atomic E-state index is 9.17. The van der Waals surface area contributed by atoms with E-state index in [2.05, 4.69) is 132 Å². The fourth-order valence-electron chi connectivity index (χ4n) is 11.2. The number of furan rings is 1. The van der Waals surface area contributed by atoms with Crippen LogP contribution in [0.2, 0.25) is 0 Å². The van der Waals surface area contributed by atoms with Crippen molar-refractivity contribution in [2.45, 2.75) is 111 Å². The van der Waals surface area contributed by atoms with E-state index in [9.17, 15) is 4.11 Å². The smallest absolute Gasteiger partial charge is 0.252 e. The molecule has 0 bridgehead atoms. The van der Waals surface area contributed by atoms with Crippen molar-refractivity contribution in [3.63, 3.8) is 0 Å². The van der Waals surface area contributed by atoms with Crippen LogP contribution in [0.4, 0.5) is 34.1 Å². The second kappa shape index (κ2) is 15.0. The molecule has 2 aliphatic rings. The van der Waals surface area contributed by atoms with Crippen LogP contribution in [-0.2, 0) is 21.7 Å². The SMILES string of the molecule is [2H]C([2H])([2H])c1cc2c3c(c1)N(c1cc(C(C([2H])([2H])[2H])(C([2H])([2H])[2H])C([2H])([2H])[2H])cc4c1oc1c(-n5c6ccccc6c6ccccc65)cccc14)c1ccc(C(C)(C)C)cc1B3c1cc(C(C)(C)C)ccc1N2c1ccc(C(C)(C)C)cc1. The van der Waals surface area contributed by atoms with Crippen molar-refractivity contribution >= 4 is 101 Å². The van der Waals surface area contributed by atoms with Gasteiger partial charge in [-0.1, -0.05) is 168 Å². The van der Waals surface area contributed by atoms with E-state index in [1.165, 1.54) is 12.1 Å². The summed E-state index contributed by atoms with van der Waals surface area (Å²) in [5.74, 6) is 0. The lowest BCUT2D eigenvalue weighted by atomic mass is 9.33. The normalized spacial score (nSPS) is 17.2. The molecule has 0 saturated carbocycles. The van der Waals surface area contributed by atoms with Gasteiger partial charge in [0.05, 0.1) is 22.4 Å². The van der Waals surface area contributed by atoms with Gasteiger partial charge in [-0.2, -0.15) is 0 Å². The molecular formula is C65H64BN3O. The van der Waals surface area contributed by atoms with E-state index in [-0.39, 0.29) is 38.5 Å². The molecule has 70 heavy (non-hydrogen) atoms. The van der Waals surface area contributed by atoms with Gasteiger partial charge in [-0.3, -0.25) is 0 Å². The molecule has 8 aromatic carbocycles. The fraction of sp³-hybridized carbons (Fsp3) is 0.262. The Hall–Kier alpha value is -6.98. The van der Waals surface area contributed by atoms with Crippen LogP contribution in [0.25, 0.3) is 49.4 Å². The predicted octanol–water partition coefficient (Wildman–Crippen LogP) is 16.3. The highest BCUT2D eigenvalue weighted by Gasteiger charge is 2.45. The van der Waals surface area contributed by atoms with Gasteiger partial charge in [0.15, 0.2) is 11.2 Å². The Kier molecular flexibility index (Phi) is 7.03. The Balaban J connectivity index is 1.28. The Morgan fingerprint density at radius 2 is 0.943 bits per heavy atom. The van der Waals surface area contributed by atoms with Gasteiger partial charge in [0, 0.05) is 66.4 Å². The van der Waals surface area contributed by atoms with Crippen molar-refractivity contribution in [1.29, 1.82) is 0 Å². The fourth-order valence-corrected chi connectivity index (χ4v) is 11.2. The minimum absolute atomic E-state index is 0.0123. The minimum Gasteiger partial charge on any atom is -0.452 e. The number of anilines is 6. The molecule has 4 heterocycles. The molecule has 0 unspecified atom stereocenters. The Morgan fingerprint density at radius 3 is 1.51 bits per heavy atom. The summed E-state index contributed by atoms with van der Waals surface area (Å²) >= 11 is 0. The van der Waals surface area contributed by atoms with E-state index >= 15 is 0 Å². The van der Waals surface area contributed by atoms with Crippen molar-refractivity contribution in [2.24, 2.45) is 0 Å². The molecule has 2 aliphatic heterocycles. The molecule has 0 radical (unpaired) electrons. The molecule has 12 rings (SSSR count).